The van der Waals surface area contributed by atoms with Crippen LogP contribution in [0.25, 0.3) is 0 Å². The van der Waals surface area contributed by atoms with Crippen LogP contribution >= 0.6 is 0 Å². The lowest BCUT2D eigenvalue weighted by molar-refractivity contribution is 0.148. The second-order valence-electron chi connectivity index (χ2n) is 3.45. The highest BCUT2D eigenvalue weighted by Gasteiger charge is 2.10. The number of hydrogen-bond donors (Lipinski definition) is 2. The topological polar surface area (TPSA) is 47.3 Å². The van der Waals surface area contributed by atoms with Crippen LogP contribution in [0.15, 0.2) is 0 Å². The maximum atomic E-state index is 5.41. The van der Waals surface area contributed by atoms with Gasteiger partial charge in [-0.3, -0.25) is 11.3 Å². The molecule has 3 nitrogen and oxygen atoms in total. The van der Waals surface area contributed by atoms with Crippen molar-refractivity contribution in [2.45, 2.75) is 39.2 Å². The van der Waals surface area contributed by atoms with Crippen molar-refractivity contribution >= 4 is 0 Å². The van der Waals surface area contributed by atoms with Crippen LogP contribution < -0.4 is 11.3 Å². The predicted octanol–water partition coefficient (Wildman–Crippen LogP) is 1.29. The summed E-state index contributed by atoms with van der Waals surface area (Å²) in [6.07, 6.45) is 3.41. The molecule has 3 heteroatoms. The third-order valence-corrected chi connectivity index (χ3v) is 2.01. The van der Waals surface area contributed by atoms with Crippen molar-refractivity contribution in [1.82, 2.24) is 5.43 Å². The smallest absolute Gasteiger partial charge is 0.0488 e. The quantitative estimate of drug-likeness (QED) is 0.451. The second-order valence-corrected chi connectivity index (χ2v) is 3.45. The number of hydrogen-bond acceptors (Lipinski definition) is 3. The van der Waals surface area contributed by atoms with Crippen molar-refractivity contribution in [2.75, 3.05) is 13.7 Å². The van der Waals surface area contributed by atoms with E-state index < -0.39 is 0 Å². The Morgan fingerprint density at radius 3 is 2.58 bits per heavy atom. The minimum absolute atomic E-state index is 0.445. The summed E-state index contributed by atoms with van der Waals surface area (Å²) in [6.45, 7) is 5.18. The van der Waals surface area contributed by atoms with Crippen molar-refractivity contribution in [3.05, 3.63) is 0 Å². The summed E-state index contributed by atoms with van der Waals surface area (Å²) >= 11 is 0. The van der Waals surface area contributed by atoms with E-state index in [0.717, 1.165) is 19.4 Å². The third-order valence-electron chi connectivity index (χ3n) is 2.01. The summed E-state index contributed by atoms with van der Waals surface area (Å²) in [5, 5.41) is 0. The van der Waals surface area contributed by atoms with Gasteiger partial charge >= 0.3 is 0 Å². The summed E-state index contributed by atoms with van der Waals surface area (Å²) < 4.78 is 5.06. The van der Waals surface area contributed by atoms with E-state index in [0.29, 0.717) is 12.0 Å². The molecule has 12 heavy (non-hydrogen) atoms. The van der Waals surface area contributed by atoms with E-state index in [1.165, 1.54) is 6.42 Å². The van der Waals surface area contributed by atoms with Crippen LogP contribution in [0.4, 0.5) is 0 Å². The fourth-order valence-electron chi connectivity index (χ4n) is 1.46. The van der Waals surface area contributed by atoms with Gasteiger partial charge in [-0.1, -0.05) is 20.3 Å². The average molecular weight is 174 g/mol. The lowest BCUT2D eigenvalue weighted by Crippen LogP contribution is -2.36. The van der Waals surface area contributed by atoms with Gasteiger partial charge in [0.25, 0.3) is 0 Å². The van der Waals surface area contributed by atoms with Gasteiger partial charge in [0.15, 0.2) is 0 Å². The molecule has 0 bridgehead atoms. The monoisotopic (exact) mass is 174 g/mol. The molecule has 0 rings (SSSR count). The molecule has 0 aliphatic carbocycles. The summed E-state index contributed by atoms with van der Waals surface area (Å²) in [7, 11) is 1.74. The minimum Gasteiger partial charge on any atom is -0.384 e. The molecule has 0 spiro atoms. The molecule has 0 radical (unpaired) electrons. The molecule has 0 aliphatic rings. The summed E-state index contributed by atoms with van der Waals surface area (Å²) in [6, 6.07) is 0.445. The van der Waals surface area contributed by atoms with Crippen molar-refractivity contribution < 1.29 is 4.74 Å². The Morgan fingerprint density at radius 1 is 1.50 bits per heavy atom. The highest BCUT2D eigenvalue weighted by atomic mass is 16.5. The molecule has 0 aliphatic heterocycles. The van der Waals surface area contributed by atoms with Gasteiger partial charge in [-0.15, -0.1) is 0 Å². The number of methoxy groups -OCH3 is 1. The SMILES string of the molecule is CCCC(CC(C)COC)NN. The van der Waals surface area contributed by atoms with Crippen LogP contribution in [0.3, 0.4) is 0 Å². The van der Waals surface area contributed by atoms with Gasteiger partial charge < -0.3 is 4.74 Å². The van der Waals surface area contributed by atoms with E-state index in [9.17, 15) is 0 Å². The average Bonchev–Trinajstić information content (AvgIpc) is 2.04. The fraction of sp³-hybridized carbons (Fsp3) is 1.00. The summed E-state index contributed by atoms with van der Waals surface area (Å²) in [4.78, 5) is 0. The van der Waals surface area contributed by atoms with E-state index in [1.807, 2.05) is 0 Å². The molecular formula is C9H22N2O. The Labute approximate surface area is 75.6 Å². The first-order valence-corrected chi connectivity index (χ1v) is 4.69. The molecule has 0 amide bonds. The number of rotatable bonds is 7. The number of hydrazine groups is 1. The molecule has 2 atom stereocenters. The molecule has 0 aromatic heterocycles. The Hall–Kier alpha value is -0.120. The third kappa shape index (κ3) is 5.52. The van der Waals surface area contributed by atoms with E-state index >= 15 is 0 Å². The Balaban J connectivity index is 3.53. The van der Waals surface area contributed by atoms with Crippen LogP contribution in [-0.2, 0) is 4.74 Å². The second kappa shape index (κ2) is 7.53. The van der Waals surface area contributed by atoms with Crippen molar-refractivity contribution in [3.63, 3.8) is 0 Å². The minimum atomic E-state index is 0.445. The molecule has 0 heterocycles. The Bertz CT molecular complexity index is 98.5. The first-order chi connectivity index (χ1) is 5.74. The molecular weight excluding hydrogens is 152 g/mol. The van der Waals surface area contributed by atoms with Crippen molar-refractivity contribution in [2.24, 2.45) is 11.8 Å². The summed E-state index contributed by atoms with van der Waals surface area (Å²) in [5.74, 6) is 6.00. The molecule has 0 saturated heterocycles. The fourth-order valence-corrected chi connectivity index (χ4v) is 1.46. The van der Waals surface area contributed by atoms with Crippen LogP contribution in [0.5, 0.6) is 0 Å². The van der Waals surface area contributed by atoms with Gasteiger partial charge in [0.05, 0.1) is 0 Å². The van der Waals surface area contributed by atoms with Crippen molar-refractivity contribution in [1.29, 1.82) is 0 Å². The van der Waals surface area contributed by atoms with E-state index in [-0.39, 0.29) is 0 Å². The molecule has 0 fully saturated rings. The normalized spacial score (nSPS) is 16.0. The number of nitrogens with two attached hydrogens (primary N) is 1. The maximum Gasteiger partial charge on any atom is 0.0488 e. The van der Waals surface area contributed by atoms with Gasteiger partial charge in [-0.05, 0) is 18.8 Å². The molecule has 0 aromatic rings. The standard InChI is InChI=1S/C9H22N2O/c1-4-5-9(11-10)6-8(2)7-12-3/h8-9,11H,4-7,10H2,1-3H3. The highest BCUT2D eigenvalue weighted by Crippen LogP contribution is 2.09. The largest absolute Gasteiger partial charge is 0.384 e. The number of nitrogens with one attached hydrogen (secondary N) is 1. The highest BCUT2D eigenvalue weighted by molar-refractivity contribution is 4.66. The number of ether oxygens (including phenoxy) is 1. The Kier molecular flexibility index (Phi) is 7.45. The molecule has 74 valence electrons. The van der Waals surface area contributed by atoms with Gasteiger partial charge in [-0.2, -0.15) is 0 Å². The van der Waals surface area contributed by atoms with E-state index in [4.69, 9.17) is 10.6 Å². The lowest BCUT2D eigenvalue weighted by atomic mass is 10.00. The maximum absolute atomic E-state index is 5.41. The van der Waals surface area contributed by atoms with Gasteiger partial charge in [-0.25, -0.2) is 0 Å². The zero-order valence-electron chi connectivity index (χ0n) is 8.47. The summed E-state index contributed by atoms with van der Waals surface area (Å²) in [5.41, 5.74) is 2.84. The molecule has 3 N–H and O–H groups in total. The van der Waals surface area contributed by atoms with Crippen molar-refractivity contribution in [3.8, 4) is 0 Å². The van der Waals surface area contributed by atoms with E-state index in [2.05, 4.69) is 19.3 Å². The first-order valence-electron chi connectivity index (χ1n) is 4.69. The Morgan fingerprint density at radius 2 is 2.17 bits per heavy atom. The van der Waals surface area contributed by atoms with Crippen LogP contribution in [0, 0.1) is 5.92 Å². The molecule has 0 aromatic carbocycles. The van der Waals surface area contributed by atoms with Crippen LogP contribution in [-0.4, -0.2) is 19.8 Å². The van der Waals surface area contributed by atoms with Crippen LogP contribution in [0.2, 0.25) is 0 Å². The van der Waals surface area contributed by atoms with Gasteiger partial charge in [0, 0.05) is 19.8 Å². The predicted molar refractivity (Wildman–Crippen MR) is 51.7 cm³/mol. The first kappa shape index (κ1) is 11.9. The zero-order valence-corrected chi connectivity index (χ0v) is 8.47. The zero-order chi connectivity index (χ0) is 9.40. The van der Waals surface area contributed by atoms with Crippen LogP contribution in [0.1, 0.15) is 33.1 Å². The van der Waals surface area contributed by atoms with Gasteiger partial charge in [0.2, 0.25) is 0 Å². The molecule has 0 saturated carbocycles. The van der Waals surface area contributed by atoms with Gasteiger partial charge in [0.1, 0.15) is 0 Å². The molecule has 2 unspecified atom stereocenters. The lowest BCUT2D eigenvalue weighted by Gasteiger charge is -2.18. The van der Waals surface area contributed by atoms with E-state index in [1.54, 1.807) is 7.11 Å².